The van der Waals surface area contributed by atoms with E-state index >= 15 is 0 Å². The van der Waals surface area contributed by atoms with E-state index in [0.717, 1.165) is 23.2 Å². The van der Waals surface area contributed by atoms with Crippen LogP contribution in [0, 0.1) is 0 Å². The van der Waals surface area contributed by atoms with Crippen LogP contribution in [0.5, 0.6) is 0 Å². The Labute approximate surface area is 166 Å². The van der Waals surface area contributed by atoms with E-state index in [-0.39, 0.29) is 17.4 Å². The predicted molar refractivity (Wildman–Crippen MR) is 113 cm³/mol. The first kappa shape index (κ1) is 19.8. The Morgan fingerprint density at radius 3 is 2.00 bits per heavy atom. The van der Waals surface area contributed by atoms with Gasteiger partial charge in [-0.25, -0.2) is 8.42 Å². The topological polar surface area (TPSA) is 63.2 Å². The van der Waals surface area contributed by atoms with Gasteiger partial charge in [0.1, 0.15) is 0 Å². The number of anilines is 1. The molecule has 0 heterocycles. The van der Waals surface area contributed by atoms with Crippen molar-refractivity contribution >= 4 is 21.4 Å². The summed E-state index contributed by atoms with van der Waals surface area (Å²) in [5.74, 6) is -0.258. The van der Waals surface area contributed by atoms with Crippen LogP contribution in [0.4, 0.5) is 5.69 Å². The molecule has 0 saturated carbocycles. The molecule has 0 aliphatic rings. The number of nitrogens with one attached hydrogen (secondary N) is 1. The molecular weight excluding hydrogens is 370 g/mol. The second kappa shape index (κ2) is 8.85. The van der Waals surface area contributed by atoms with Crippen molar-refractivity contribution in [2.24, 2.45) is 0 Å². The van der Waals surface area contributed by atoms with Crippen molar-refractivity contribution in [3.05, 3.63) is 101 Å². The zero-order valence-corrected chi connectivity index (χ0v) is 16.6. The first-order valence-electron chi connectivity index (χ1n) is 9.19. The smallest absolute Gasteiger partial charge is 0.255 e. The van der Waals surface area contributed by atoms with E-state index in [1.165, 1.54) is 0 Å². The van der Waals surface area contributed by atoms with E-state index < -0.39 is 9.84 Å². The number of para-hydroxylation sites is 1. The lowest BCUT2D eigenvalue weighted by Gasteiger charge is -2.10. The Morgan fingerprint density at radius 1 is 0.786 bits per heavy atom. The largest absolute Gasteiger partial charge is 0.322 e. The van der Waals surface area contributed by atoms with Crippen LogP contribution in [0.2, 0.25) is 0 Å². The van der Waals surface area contributed by atoms with Crippen LogP contribution >= 0.6 is 0 Å². The Hall–Kier alpha value is -2.92. The molecule has 0 bridgehead atoms. The Bertz CT molecular complexity index is 1040. The lowest BCUT2D eigenvalue weighted by molar-refractivity contribution is 0.102. The molecule has 3 aromatic rings. The van der Waals surface area contributed by atoms with E-state index in [1.54, 1.807) is 36.4 Å². The van der Waals surface area contributed by atoms with Gasteiger partial charge >= 0.3 is 0 Å². The highest BCUT2D eigenvalue weighted by Crippen LogP contribution is 2.18. The Balaban J connectivity index is 1.66. The summed E-state index contributed by atoms with van der Waals surface area (Å²) in [5.41, 5.74) is 3.80. The van der Waals surface area contributed by atoms with Crippen molar-refractivity contribution in [1.82, 2.24) is 0 Å². The number of benzene rings is 3. The molecule has 0 radical (unpaired) electrons. The van der Waals surface area contributed by atoms with Crippen molar-refractivity contribution in [2.45, 2.75) is 24.9 Å². The van der Waals surface area contributed by atoms with Crippen molar-refractivity contribution < 1.29 is 13.2 Å². The van der Waals surface area contributed by atoms with E-state index in [1.807, 2.05) is 49.4 Å². The predicted octanol–water partition coefficient (Wildman–Crippen LogP) is 4.62. The number of carbonyl (C=O) groups excluding carboxylic acids is 1. The second-order valence-electron chi connectivity index (χ2n) is 6.68. The number of aryl methyl sites for hydroxylation is 1. The van der Waals surface area contributed by atoms with Gasteiger partial charge < -0.3 is 5.32 Å². The molecule has 1 N–H and O–H groups in total. The molecule has 5 heteroatoms. The molecule has 0 spiro atoms. The van der Waals surface area contributed by atoms with Crippen LogP contribution < -0.4 is 5.32 Å². The Kier molecular flexibility index (Phi) is 6.26. The standard InChI is InChI=1S/C23H23NO3S/c1-2-20-10-6-7-11-22(20)24-23(25)21-14-12-19(13-15-21)17-28(26,27)16-18-8-4-3-5-9-18/h3-15H,2,16-17H2,1H3,(H,24,25). The lowest BCUT2D eigenvalue weighted by atomic mass is 10.1. The highest BCUT2D eigenvalue weighted by Gasteiger charge is 2.14. The number of sulfone groups is 1. The minimum absolute atomic E-state index is 0.00385. The van der Waals surface area contributed by atoms with Gasteiger partial charge in [0, 0.05) is 11.3 Å². The first-order valence-corrected chi connectivity index (χ1v) is 11.0. The Morgan fingerprint density at radius 2 is 1.36 bits per heavy atom. The minimum atomic E-state index is -3.28. The monoisotopic (exact) mass is 393 g/mol. The molecule has 144 valence electrons. The molecule has 4 nitrogen and oxygen atoms in total. The van der Waals surface area contributed by atoms with Crippen LogP contribution in [0.15, 0.2) is 78.9 Å². The summed E-state index contributed by atoms with van der Waals surface area (Å²) in [4.78, 5) is 12.5. The number of carbonyl (C=O) groups is 1. The molecule has 0 aromatic heterocycles. The normalized spacial score (nSPS) is 11.2. The van der Waals surface area contributed by atoms with Gasteiger partial charge in [0.15, 0.2) is 9.84 Å². The summed E-state index contributed by atoms with van der Waals surface area (Å²) < 4.78 is 24.8. The van der Waals surface area contributed by atoms with Crippen LogP contribution in [0.3, 0.4) is 0 Å². The van der Waals surface area contributed by atoms with Gasteiger partial charge in [-0.05, 0) is 41.3 Å². The van der Waals surface area contributed by atoms with Gasteiger partial charge in [-0.1, -0.05) is 67.6 Å². The van der Waals surface area contributed by atoms with E-state index in [0.29, 0.717) is 11.1 Å². The summed E-state index contributed by atoms with van der Waals surface area (Å²) in [6.07, 6.45) is 0.828. The molecule has 28 heavy (non-hydrogen) atoms. The van der Waals surface area contributed by atoms with Gasteiger partial charge in [0.25, 0.3) is 5.91 Å². The molecule has 3 aromatic carbocycles. The molecule has 0 aliphatic heterocycles. The number of hydrogen-bond acceptors (Lipinski definition) is 3. The average molecular weight is 394 g/mol. The maximum atomic E-state index is 12.5. The van der Waals surface area contributed by atoms with E-state index in [9.17, 15) is 13.2 Å². The summed E-state index contributed by atoms with van der Waals surface area (Å²) in [5, 5.41) is 2.92. The maximum absolute atomic E-state index is 12.5. The van der Waals surface area contributed by atoms with Crippen LogP contribution in [0.25, 0.3) is 0 Å². The van der Waals surface area contributed by atoms with Gasteiger partial charge in [-0.2, -0.15) is 0 Å². The molecule has 0 saturated heterocycles. The quantitative estimate of drug-likeness (QED) is 0.637. The van der Waals surface area contributed by atoms with Gasteiger partial charge in [0.05, 0.1) is 11.5 Å². The summed E-state index contributed by atoms with van der Waals surface area (Å²) in [7, 11) is -3.28. The van der Waals surface area contributed by atoms with Crippen molar-refractivity contribution in [3.63, 3.8) is 0 Å². The average Bonchev–Trinajstić information content (AvgIpc) is 2.69. The molecule has 0 fully saturated rings. The lowest BCUT2D eigenvalue weighted by Crippen LogP contribution is -2.13. The zero-order valence-electron chi connectivity index (χ0n) is 15.8. The fraction of sp³-hybridized carbons (Fsp3) is 0.174. The van der Waals surface area contributed by atoms with E-state index in [4.69, 9.17) is 0 Å². The minimum Gasteiger partial charge on any atom is -0.322 e. The first-order chi connectivity index (χ1) is 13.5. The van der Waals surface area contributed by atoms with Crippen molar-refractivity contribution in [2.75, 3.05) is 5.32 Å². The highest BCUT2D eigenvalue weighted by atomic mass is 32.2. The van der Waals surface area contributed by atoms with Crippen molar-refractivity contribution in [1.29, 1.82) is 0 Å². The van der Waals surface area contributed by atoms with Gasteiger partial charge in [-0.3, -0.25) is 4.79 Å². The molecular formula is C23H23NO3S. The SMILES string of the molecule is CCc1ccccc1NC(=O)c1ccc(CS(=O)(=O)Cc2ccccc2)cc1. The van der Waals surface area contributed by atoms with Crippen LogP contribution in [0.1, 0.15) is 34.0 Å². The molecule has 0 atom stereocenters. The number of hydrogen-bond donors (Lipinski definition) is 1. The van der Waals surface area contributed by atoms with Crippen LogP contribution in [-0.4, -0.2) is 14.3 Å². The molecule has 0 unspecified atom stereocenters. The zero-order chi connectivity index (χ0) is 20.0. The number of rotatable bonds is 7. The van der Waals surface area contributed by atoms with Crippen LogP contribution in [-0.2, 0) is 27.8 Å². The number of amides is 1. The summed E-state index contributed by atoms with van der Waals surface area (Å²) >= 11 is 0. The third-order valence-corrected chi connectivity index (χ3v) is 6.02. The third kappa shape index (κ3) is 5.30. The maximum Gasteiger partial charge on any atom is 0.255 e. The highest BCUT2D eigenvalue weighted by molar-refractivity contribution is 7.89. The second-order valence-corrected chi connectivity index (χ2v) is 8.74. The van der Waals surface area contributed by atoms with Gasteiger partial charge in [0.2, 0.25) is 0 Å². The summed E-state index contributed by atoms with van der Waals surface area (Å²) in [6.45, 7) is 2.04. The fourth-order valence-corrected chi connectivity index (χ4v) is 4.53. The molecule has 1 amide bonds. The fourth-order valence-electron chi connectivity index (χ4n) is 3.03. The molecule has 0 aliphatic carbocycles. The van der Waals surface area contributed by atoms with E-state index in [2.05, 4.69) is 5.32 Å². The van der Waals surface area contributed by atoms with Gasteiger partial charge in [-0.15, -0.1) is 0 Å². The van der Waals surface area contributed by atoms with Crippen molar-refractivity contribution in [3.8, 4) is 0 Å². The molecule has 3 rings (SSSR count). The summed E-state index contributed by atoms with van der Waals surface area (Å²) in [6, 6.07) is 23.5. The third-order valence-electron chi connectivity index (χ3n) is 4.48.